The number of carbonyl (C=O) groups is 4. The van der Waals surface area contributed by atoms with Gasteiger partial charge in [0.1, 0.15) is 28.6 Å². The minimum absolute atomic E-state index is 0.00932. The SMILES string of the molecule is CC(=O)C1=C(O)C(C(C)C)[C@@]2(C)[C@H](CC(=O)C3CCCCC3)[C@]3(C)C(=C(O)[C@@]2(O)C1=O)C(=O)c1c(O)ccc(C)c1[C@H]3C. The molecule has 0 amide bonds. The molecule has 4 N–H and O–H groups in total. The number of benzene rings is 1. The van der Waals surface area contributed by atoms with E-state index in [0.717, 1.165) is 44.6 Å². The number of aromatic hydroxyl groups is 1. The molecule has 1 aromatic rings. The summed E-state index contributed by atoms with van der Waals surface area (Å²) >= 11 is 0. The summed E-state index contributed by atoms with van der Waals surface area (Å²) in [6, 6.07) is 3.12. The summed E-state index contributed by atoms with van der Waals surface area (Å²) in [6.45, 7) is 11.8. The number of phenolic OH excluding ortho intramolecular Hbond substituents is 1. The summed E-state index contributed by atoms with van der Waals surface area (Å²) in [5.74, 6) is -7.44. The van der Waals surface area contributed by atoms with E-state index in [1.54, 1.807) is 33.8 Å². The standard InChI is InChI=1S/C35H44O8/c1-16(2)27-29(39)25(19(5)36)31(41)35(43)32(42)28-30(40)26-21(37)14-13-17(3)24(26)18(4)33(28,6)23(34(27,35)7)15-22(38)20-11-9-8-10-12-20/h13-14,16,18,20,23,27,37,39,42-43H,8-12,15H2,1-7H3/t18-,23-,27?,33-,34-,35+/m1/s1. The normalized spacial score (nSPS) is 34.7. The third kappa shape index (κ3) is 3.84. The van der Waals surface area contributed by atoms with Crippen LogP contribution in [0.3, 0.4) is 0 Å². The van der Waals surface area contributed by atoms with Crippen molar-refractivity contribution in [2.45, 2.75) is 98.5 Å². The Balaban J connectivity index is 1.90. The zero-order valence-corrected chi connectivity index (χ0v) is 26.2. The van der Waals surface area contributed by atoms with Crippen LogP contribution >= 0.6 is 0 Å². The molecular formula is C35H44O8. The van der Waals surface area contributed by atoms with Gasteiger partial charge < -0.3 is 20.4 Å². The van der Waals surface area contributed by atoms with Crippen LogP contribution in [0.4, 0.5) is 0 Å². The number of hydrogen-bond donors (Lipinski definition) is 4. The first kappa shape index (κ1) is 31.2. The number of aliphatic hydroxyl groups is 3. The number of carbonyl (C=O) groups excluding carboxylic acids is 4. The highest BCUT2D eigenvalue weighted by atomic mass is 16.4. The van der Waals surface area contributed by atoms with E-state index in [-0.39, 0.29) is 35.0 Å². The molecule has 0 aromatic heterocycles. The molecule has 0 bridgehead atoms. The van der Waals surface area contributed by atoms with Crippen molar-refractivity contribution in [3.8, 4) is 5.75 Å². The minimum Gasteiger partial charge on any atom is -0.511 e. The summed E-state index contributed by atoms with van der Waals surface area (Å²) in [5, 5.41) is 47.3. The van der Waals surface area contributed by atoms with Crippen molar-refractivity contribution >= 4 is 23.1 Å². The molecule has 5 rings (SSSR count). The van der Waals surface area contributed by atoms with Crippen LogP contribution in [-0.2, 0) is 14.4 Å². The largest absolute Gasteiger partial charge is 0.511 e. The second-order valence-corrected chi connectivity index (χ2v) is 14.2. The van der Waals surface area contributed by atoms with Crippen molar-refractivity contribution in [2.75, 3.05) is 0 Å². The van der Waals surface area contributed by atoms with Gasteiger partial charge in [-0.25, -0.2) is 0 Å². The lowest BCUT2D eigenvalue weighted by atomic mass is 9.38. The first-order valence-corrected chi connectivity index (χ1v) is 15.5. The summed E-state index contributed by atoms with van der Waals surface area (Å²) in [5.41, 5.74) is -5.28. The Morgan fingerprint density at radius 2 is 1.63 bits per heavy atom. The predicted octanol–water partition coefficient (Wildman–Crippen LogP) is 5.98. The van der Waals surface area contributed by atoms with Gasteiger partial charge in [-0.05, 0) is 61.6 Å². The van der Waals surface area contributed by atoms with Gasteiger partial charge in [-0.1, -0.05) is 59.9 Å². The molecule has 43 heavy (non-hydrogen) atoms. The summed E-state index contributed by atoms with van der Waals surface area (Å²) < 4.78 is 0. The molecule has 4 aliphatic carbocycles. The number of rotatable bonds is 5. The zero-order chi connectivity index (χ0) is 32.0. The van der Waals surface area contributed by atoms with E-state index in [9.17, 15) is 39.6 Å². The first-order valence-electron chi connectivity index (χ1n) is 15.5. The quantitative estimate of drug-likeness (QED) is 0.305. The minimum atomic E-state index is -2.78. The van der Waals surface area contributed by atoms with Gasteiger partial charge in [-0.2, -0.15) is 0 Å². The fourth-order valence-corrected chi connectivity index (χ4v) is 9.64. The van der Waals surface area contributed by atoms with Gasteiger partial charge in [-0.3, -0.25) is 19.2 Å². The van der Waals surface area contributed by atoms with Gasteiger partial charge in [0.2, 0.25) is 5.78 Å². The molecule has 0 radical (unpaired) electrons. The van der Waals surface area contributed by atoms with Crippen molar-refractivity contribution < 1.29 is 39.6 Å². The summed E-state index contributed by atoms with van der Waals surface area (Å²) in [6.07, 6.45) is 4.25. The highest BCUT2D eigenvalue weighted by molar-refractivity contribution is 6.25. The van der Waals surface area contributed by atoms with E-state index in [1.807, 2.05) is 13.8 Å². The van der Waals surface area contributed by atoms with Crippen molar-refractivity contribution in [3.63, 3.8) is 0 Å². The van der Waals surface area contributed by atoms with Crippen molar-refractivity contribution in [2.24, 2.45) is 34.5 Å². The number of phenols is 1. The highest BCUT2D eigenvalue weighted by Crippen LogP contribution is 2.71. The Bertz CT molecular complexity index is 1510. The van der Waals surface area contributed by atoms with E-state index in [4.69, 9.17) is 0 Å². The van der Waals surface area contributed by atoms with Crippen LogP contribution < -0.4 is 0 Å². The topological polar surface area (TPSA) is 149 Å². The molecule has 8 heteroatoms. The highest BCUT2D eigenvalue weighted by Gasteiger charge is 2.76. The lowest BCUT2D eigenvalue weighted by Gasteiger charge is -2.65. The number of fused-ring (bicyclic) bond motifs is 3. The molecule has 232 valence electrons. The van der Waals surface area contributed by atoms with Crippen LogP contribution in [0.25, 0.3) is 0 Å². The second kappa shape index (κ2) is 10.1. The van der Waals surface area contributed by atoms with Crippen LogP contribution in [0, 0.1) is 41.4 Å². The second-order valence-electron chi connectivity index (χ2n) is 14.2. The van der Waals surface area contributed by atoms with Gasteiger partial charge in [0.25, 0.3) is 0 Å². The van der Waals surface area contributed by atoms with Gasteiger partial charge in [-0.15, -0.1) is 0 Å². The van der Waals surface area contributed by atoms with Crippen molar-refractivity contribution in [1.29, 1.82) is 0 Å². The van der Waals surface area contributed by atoms with Gasteiger partial charge >= 0.3 is 0 Å². The van der Waals surface area contributed by atoms with E-state index >= 15 is 0 Å². The smallest absolute Gasteiger partial charge is 0.209 e. The van der Waals surface area contributed by atoms with Crippen LogP contribution in [-0.4, -0.2) is 49.2 Å². The van der Waals surface area contributed by atoms with Crippen LogP contribution in [0.5, 0.6) is 5.75 Å². The Morgan fingerprint density at radius 3 is 2.19 bits per heavy atom. The first-order chi connectivity index (χ1) is 20.0. The number of Topliss-reactive ketones (excluding diaryl/α,β-unsaturated/α-hetero) is 4. The molecule has 1 saturated carbocycles. The molecule has 0 spiro atoms. The lowest BCUT2D eigenvalue weighted by molar-refractivity contribution is -0.194. The maximum Gasteiger partial charge on any atom is 0.209 e. The van der Waals surface area contributed by atoms with Crippen LogP contribution in [0.1, 0.15) is 107 Å². The third-order valence-corrected chi connectivity index (χ3v) is 11.8. The van der Waals surface area contributed by atoms with E-state index in [1.165, 1.54) is 6.07 Å². The number of aryl methyl sites for hydroxylation is 1. The molecule has 0 heterocycles. The Morgan fingerprint density at radius 1 is 1.02 bits per heavy atom. The molecule has 0 saturated heterocycles. The summed E-state index contributed by atoms with van der Waals surface area (Å²) in [7, 11) is 0. The summed E-state index contributed by atoms with van der Waals surface area (Å²) in [4.78, 5) is 55.6. The molecule has 4 aliphatic rings. The van der Waals surface area contributed by atoms with E-state index in [0.29, 0.717) is 5.56 Å². The number of hydrogen-bond acceptors (Lipinski definition) is 8. The Hall–Kier alpha value is -3.26. The fraction of sp³-hybridized carbons (Fsp3) is 0.600. The Kier molecular flexibility index (Phi) is 7.36. The Labute approximate surface area is 252 Å². The molecule has 1 aromatic carbocycles. The van der Waals surface area contributed by atoms with E-state index in [2.05, 4.69) is 0 Å². The predicted molar refractivity (Wildman–Crippen MR) is 160 cm³/mol. The van der Waals surface area contributed by atoms with Gasteiger partial charge in [0.05, 0.1) is 5.56 Å². The van der Waals surface area contributed by atoms with Gasteiger partial charge in [0.15, 0.2) is 17.2 Å². The molecule has 8 nitrogen and oxygen atoms in total. The molecule has 1 fully saturated rings. The molecule has 6 atom stereocenters. The van der Waals surface area contributed by atoms with Gasteiger partial charge in [0, 0.05) is 34.7 Å². The zero-order valence-electron chi connectivity index (χ0n) is 26.2. The molecule has 0 aliphatic heterocycles. The number of ketones is 4. The maximum atomic E-state index is 14.4. The molecule has 1 unspecified atom stereocenters. The number of allylic oxidation sites excluding steroid dienone is 2. The maximum absolute atomic E-state index is 14.4. The van der Waals surface area contributed by atoms with Crippen molar-refractivity contribution in [1.82, 2.24) is 0 Å². The van der Waals surface area contributed by atoms with Crippen LogP contribution in [0.15, 0.2) is 34.8 Å². The van der Waals surface area contributed by atoms with Crippen LogP contribution in [0.2, 0.25) is 0 Å². The average Bonchev–Trinajstić information content (AvgIpc) is 2.93. The van der Waals surface area contributed by atoms with E-state index < -0.39 is 74.5 Å². The lowest BCUT2D eigenvalue weighted by Crippen LogP contribution is -2.71. The average molecular weight is 593 g/mol. The monoisotopic (exact) mass is 592 g/mol. The number of aliphatic hydroxyl groups excluding tert-OH is 2. The molecular weight excluding hydrogens is 548 g/mol. The third-order valence-electron chi connectivity index (χ3n) is 11.8. The fourth-order valence-electron chi connectivity index (χ4n) is 9.64. The van der Waals surface area contributed by atoms with Crippen molar-refractivity contribution in [3.05, 3.63) is 51.5 Å².